The maximum absolute atomic E-state index is 13.4. The summed E-state index contributed by atoms with van der Waals surface area (Å²) in [6.07, 6.45) is 4.51. The van der Waals surface area contributed by atoms with Gasteiger partial charge in [0.2, 0.25) is 0 Å². The Bertz CT molecular complexity index is 1030. The van der Waals surface area contributed by atoms with Crippen LogP contribution >= 0.6 is 0 Å². The predicted molar refractivity (Wildman–Crippen MR) is 114 cm³/mol. The summed E-state index contributed by atoms with van der Waals surface area (Å²) < 4.78 is 45.7. The number of amidine groups is 1. The van der Waals surface area contributed by atoms with Gasteiger partial charge in [-0.1, -0.05) is 18.6 Å². The molecule has 2 aliphatic heterocycles. The zero-order chi connectivity index (χ0) is 21.0. The Balaban J connectivity index is 1.28. The third kappa shape index (κ3) is 4.99. The first-order valence-electron chi connectivity index (χ1n) is 10.3. The number of rotatable bonds is 7. The molecule has 2 aliphatic rings. The molecule has 0 amide bonds. The Morgan fingerprint density at radius 2 is 1.93 bits per heavy atom. The molecule has 0 bridgehead atoms. The van der Waals surface area contributed by atoms with Gasteiger partial charge in [-0.2, -0.15) is 0 Å². The van der Waals surface area contributed by atoms with E-state index in [0.717, 1.165) is 31.5 Å². The van der Waals surface area contributed by atoms with E-state index in [0.29, 0.717) is 25.1 Å². The average Bonchev–Trinajstić information content (AvgIpc) is 2.98. The molecule has 0 aliphatic carbocycles. The number of likely N-dealkylation sites (tertiary alicyclic amines) is 1. The fraction of sp³-hybridized carbons (Fsp3) is 0.409. The maximum Gasteiger partial charge on any atom is 0.263 e. The van der Waals surface area contributed by atoms with Crippen LogP contribution in [0.15, 0.2) is 52.4 Å². The lowest BCUT2D eigenvalue weighted by Crippen LogP contribution is -2.29. The summed E-state index contributed by atoms with van der Waals surface area (Å²) in [5.74, 6) is 0.504. The molecule has 160 valence electrons. The number of hydrogen-bond donors (Lipinski definition) is 1. The van der Waals surface area contributed by atoms with Gasteiger partial charge in [-0.15, -0.1) is 0 Å². The van der Waals surface area contributed by atoms with Crippen LogP contribution in [0.3, 0.4) is 0 Å². The number of aliphatic imine (C=N–C) groups is 1. The van der Waals surface area contributed by atoms with Crippen LogP contribution in [0.5, 0.6) is 5.75 Å². The van der Waals surface area contributed by atoms with Gasteiger partial charge in [0.1, 0.15) is 22.3 Å². The Labute approximate surface area is 176 Å². The van der Waals surface area contributed by atoms with Crippen LogP contribution in [0.2, 0.25) is 0 Å². The number of nitrogens with one attached hydrogen (secondary N) is 1. The minimum atomic E-state index is -3.74. The summed E-state index contributed by atoms with van der Waals surface area (Å²) in [4.78, 5) is 6.74. The van der Waals surface area contributed by atoms with Crippen LogP contribution in [-0.4, -0.2) is 45.4 Å². The highest BCUT2D eigenvalue weighted by Gasteiger charge is 2.30. The summed E-state index contributed by atoms with van der Waals surface area (Å²) in [6.45, 7) is 4.15. The number of nitrogens with zero attached hydrogens (tertiary/aromatic N) is 2. The van der Waals surface area contributed by atoms with E-state index in [1.807, 2.05) is 12.1 Å². The standard InChI is InChI=1S/C22H26FN3O3S/c23-18-8-9-20-21(15-18)30(27,28)25-22(20)24-10-5-13-29-19-7-4-6-17(14-19)16-26-11-2-1-3-12-26/h4,6-9,14-15H,1-3,5,10-13,16H2,(H,24,25). The number of sulfonamides is 1. The molecule has 2 heterocycles. The van der Waals surface area contributed by atoms with Crippen molar-refractivity contribution in [1.29, 1.82) is 0 Å². The molecule has 1 saturated heterocycles. The molecule has 1 fully saturated rings. The van der Waals surface area contributed by atoms with Gasteiger partial charge in [0, 0.05) is 25.1 Å². The van der Waals surface area contributed by atoms with Gasteiger partial charge in [-0.05, 0) is 61.8 Å². The molecule has 2 aromatic carbocycles. The van der Waals surface area contributed by atoms with Crippen LogP contribution in [0, 0.1) is 5.82 Å². The molecule has 0 atom stereocenters. The summed E-state index contributed by atoms with van der Waals surface area (Å²) in [5, 5.41) is 0. The van der Waals surface area contributed by atoms with Crippen LogP contribution < -0.4 is 9.46 Å². The number of ether oxygens (including phenoxy) is 1. The van der Waals surface area contributed by atoms with E-state index < -0.39 is 15.8 Å². The van der Waals surface area contributed by atoms with Crippen molar-refractivity contribution in [2.45, 2.75) is 37.1 Å². The minimum absolute atomic E-state index is 0.0666. The molecule has 2 aromatic rings. The van der Waals surface area contributed by atoms with Crippen molar-refractivity contribution in [1.82, 2.24) is 9.62 Å². The van der Waals surface area contributed by atoms with Crippen molar-refractivity contribution in [3.8, 4) is 5.75 Å². The SMILES string of the molecule is O=S1(=O)NC(=NCCCOc2cccc(CN3CCCCC3)c2)c2ccc(F)cc21. The summed E-state index contributed by atoms with van der Waals surface area (Å²) in [7, 11) is -3.74. The molecular weight excluding hydrogens is 405 g/mol. The molecular formula is C22H26FN3O3S. The van der Waals surface area contributed by atoms with E-state index in [2.05, 4.69) is 26.7 Å². The topological polar surface area (TPSA) is 71.0 Å². The van der Waals surface area contributed by atoms with E-state index in [4.69, 9.17) is 4.74 Å². The molecule has 8 heteroatoms. The van der Waals surface area contributed by atoms with E-state index in [-0.39, 0.29) is 10.7 Å². The monoisotopic (exact) mass is 431 g/mol. The second-order valence-electron chi connectivity index (χ2n) is 7.66. The second-order valence-corrected chi connectivity index (χ2v) is 9.31. The van der Waals surface area contributed by atoms with Gasteiger partial charge >= 0.3 is 0 Å². The maximum atomic E-state index is 13.4. The lowest BCUT2D eigenvalue weighted by atomic mass is 10.1. The smallest absolute Gasteiger partial charge is 0.263 e. The molecule has 0 saturated carbocycles. The zero-order valence-electron chi connectivity index (χ0n) is 16.8. The van der Waals surface area contributed by atoms with Gasteiger partial charge in [0.25, 0.3) is 10.0 Å². The van der Waals surface area contributed by atoms with E-state index in [1.165, 1.54) is 37.0 Å². The van der Waals surface area contributed by atoms with Crippen molar-refractivity contribution in [2.75, 3.05) is 26.2 Å². The Hall–Kier alpha value is -2.45. The van der Waals surface area contributed by atoms with Crippen LogP contribution in [0.1, 0.15) is 36.8 Å². The summed E-state index contributed by atoms with van der Waals surface area (Å²) >= 11 is 0. The van der Waals surface area contributed by atoms with Gasteiger partial charge in [-0.3, -0.25) is 14.6 Å². The molecule has 1 N–H and O–H groups in total. The lowest BCUT2D eigenvalue weighted by Gasteiger charge is -2.26. The number of fused-ring (bicyclic) bond motifs is 1. The van der Waals surface area contributed by atoms with Crippen LogP contribution in [0.4, 0.5) is 4.39 Å². The van der Waals surface area contributed by atoms with E-state index >= 15 is 0 Å². The van der Waals surface area contributed by atoms with Gasteiger partial charge < -0.3 is 4.74 Å². The summed E-state index contributed by atoms with van der Waals surface area (Å²) in [6, 6.07) is 11.8. The largest absolute Gasteiger partial charge is 0.494 e. The zero-order valence-corrected chi connectivity index (χ0v) is 17.6. The van der Waals surface area contributed by atoms with E-state index in [9.17, 15) is 12.8 Å². The molecule has 30 heavy (non-hydrogen) atoms. The average molecular weight is 432 g/mol. The molecule has 0 unspecified atom stereocenters. The van der Waals surface area contributed by atoms with Crippen molar-refractivity contribution < 1.29 is 17.5 Å². The number of halogens is 1. The number of hydrogen-bond acceptors (Lipinski definition) is 5. The fourth-order valence-electron chi connectivity index (χ4n) is 3.82. The Morgan fingerprint density at radius 3 is 2.77 bits per heavy atom. The third-order valence-corrected chi connectivity index (χ3v) is 6.69. The molecule has 0 radical (unpaired) electrons. The highest BCUT2D eigenvalue weighted by atomic mass is 32.2. The number of benzene rings is 2. The normalized spacial score (nSPS) is 19.4. The molecule has 0 aromatic heterocycles. The van der Waals surface area contributed by atoms with Crippen molar-refractivity contribution >= 4 is 15.9 Å². The van der Waals surface area contributed by atoms with Crippen molar-refractivity contribution in [2.24, 2.45) is 4.99 Å². The number of piperidine rings is 1. The fourth-order valence-corrected chi connectivity index (χ4v) is 5.08. The van der Waals surface area contributed by atoms with Crippen LogP contribution in [-0.2, 0) is 16.6 Å². The third-order valence-electron chi connectivity index (χ3n) is 5.31. The molecule has 0 spiro atoms. The Kier molecular flexibility index (Phi) is 6.34. The van der Waals surface area contributed by atoms with Crippen LogP contribution in [0.25, 0.3) is 0 Å². The Morgan fingerprint density at radius 1 is 1.10 bits per heavy atom. The second kappa shape index (κ2) is 9.14. The lowest BCUT2D eigenvalue weighted by molar-refractivity contribution is 0.220. The van der Waals surface area contributed by atoms with Crippen molar-refractivity contribution in [3.05, 3.63) is 59.4 Å². The van der Waals surface area contributed by atoms with E-state index in [1.54, 1.807) is 0 Å². The van der Waals surface area contributed by atoms with Gasteiger partial charge in [0.15, 0.2) is 0 Å². The van der Waals surface area contributed by atoms with Gasteiger partial charge in [0.05, 0.1) is 6.61 Å². The van der Waals surface area contributed by atoms with Crippen molar-refractivity contribution in [3.63, 3.8) is 0 Å². The first-order chi connectivity index (χ1) is 14.5. The molecule has 6 nitrogen and oxygen atoms in total. The first kappa shape index (κ1) is 20.8. The summed E-state index contributed by atoms with van der Waals surface area (Å²) in [5.41, 5.74) is 1.65. The predicted octanol–water partition coefficient (Wildman–Crippen LogP) is 3.32. The first-order valence-corrected chi connectivity index (χ1v) is 11.8. The molecule has 4 rings (SSSR count). The highest BCUT2D eigenvalue weighted by molar-refractivity contribution is 7.90. The quantitative estimate of drug-likeness (QED) is 0.683. The van der Waals surface area contributed by atoms with Gasteiger partial charge in [-0.25, -0.2) is 12.8 Å². The highest BCUT2D eigenvalue weighted by Crippen LogP contribution is 2.24. The minimum Gasteiger partial charge on any atom is -0.494 e.